The van der Waals surface area contributed by atoms with Gasteiger partial charge in [0.05, 0.1) is 0 Å². The summed E-state index contributed by atoms with van der Waals surface area (Å²) in [6.07, 6.45) is 6.56. The maximum Gasteiger partial charge on any atom is 0.328 e. The van der Waals surface area contributed by atoms with Gasteiger partial charge in [0.2, 0.25) is 0 Å². The minimum atomic E-state index is -2.61. The standard InChI is InChI=1S/C37H59O3P/c1-14-15-16-17-18-27-21-25-22-28(34(5,6)7)24-31(36(11,12)13)32(25)37(27,40-41(38)39)29-20-19-26(33(2,3)4)23-30(29)35(8,9)10/h19-20,22-24,27,38-39H,14-18,21H2,1-13H3. The molecule has 0 radical (unpaired) electrons. The molecule has 2 atom stereocenters. The average molecular weight is 583 g/mol. The van der Waals surface area contributed by atoms with E-state index < -0.39 is 14.2 Å². The Labute approximate surface area is 253 Å². The zero-order valence-corrected chi connectivity index (χ0v) is 29.4. The summed E-state index contributed by atoms with van der Waals surface area (Å²) in [5.41, 5.74) is 7.42. The van der Waals surface area contributed by atoms with Crippen molar-refractivity contribution in [3.8, 4) is 0 Å². The number of rotatable bonds is 8. The van der Waals surface area contributed by atoms with E-state index in [1.165, 1.54) is 52.6 Å². The molecule has 41 heavy (non-hydrogen) atoms. The maximum absolute atomic E-state index is 10.7. The van der Waals surface area contributed by atoms with Crippen LogP contribution >= 0.6 is 8.60 Å². The van der Waals surface area contributed by atoms with Gasteiger partial charge in [0, 0.05) is 5.92 Å². The van der Waals surface area contributed by atoms with Crippen LogP contribution in [0.3, 0.4) is 0 Å². The van der Waals surface area contributed by atoms with Crippen molar-refractivity contribution in [2.24, 2.45) is 5.92 Å². The predicted octanol–water partition coefficient (Wildman–Crippen LogP) is 10.5. The van der Waals surface area contributed by atoms with Crippen LogP contribution in [0.15, 0.2) is 30.3 Å². The molecule has 0 aliphatic heterocycles. The van der Waals surface area contributed by atoms with Crippen molar-refractivity contribution in [2.75, 3.05) is 0 Å². The van der Waals surface area contributed by atoms with Gasteiger partial charge >= 0.3 is 8.60 Å². The van der Waals surface area contributed by atoms with Crippen molar-refractivity contribution in [3.05, 3.63) is 69.3 Å². The fraction of sp³-hybridized carbons (Fsp3) is 0.676. The molecule has 1 aliphatic rings. The average Bonchev–Trinajstić information content (AvgIpc) is 3.11. The molecule has 0 fully saturated rings. The van der Waals surface area contributed by atoms with Crippen molar-refractivity contribution in [1.82, 2.24) is 0 Å². The van der Waals surface area contributed by atoms with Gasteiger partial charge in [-0.2, -0.15) is 0 Å². The highest BCUT2D eigenvalue weighted by atomic mass is 31.2. The molecular weight excluding hydrogens is 523 g/mol. The fourth-order valence-electron chi connectivity index (χ4n) is 6.67. The molecule has 3 nitrogen and oxygen atoms in total. The van der Waals surface area contributed by atoms with Crippen LogP contribution in [0.4, 0.5) is 0 Å². The summed E-state index contributed by atoms with van der Waals surface area (Å²) in [6, 6.07) is 11.7. The first-order valence-corrected chi connectivity index (χ1v) is 17.0. The Bertz CT molecular complexity index is 1200. The maximum atomic E-state index is 10.7. The highest BCUT2D eigenvalue weighted by molar-refractivity contribution is 7.39. The third-order valence-electron chi connectivity index (χ3n) is 9.03. The van der Waals surface area contributed by atoms with Crippen molar-refractivity contribution in [2.45, 2.75) is 156 Å². The lowest BCUT2D eigenvalue weighted by Crippen LogP contribution is -2.39. The third kappa shape index (κ3) is 7.29. The highest BCUT2D eigenvalue weighted by Crippen LogP contribution is 2.60. The number of benzene rings is 2. The van der Waals surface area contributed by atoms with Crippen LogP contribution in [0.1, 0.15) is 161 Å². The molecule has 0 aromatic heterocycles. The molecule has 0 bridgehead atoms. The van der Waals surface area contributed by atoms with Gasteiger partial charge in [0.25, 0.3) is 0 Å². The summed E-state index contributed by atoms with van der Waals surface area (Å²) in [6.45, 7) is 29.5. The van der Waals surface area contributed by atoms with Gasteiger partial charge in [-0.15, -0.1) is 0 Å². The van der Waals surface area contributed by atoms with Crippen molar-refractivity contribution >= 4 is 8.60 Å². The normalized spacial score (nSPS) is 20.1. The molecule has 230 valence electrons. The van der Waals surface area contributed by atoms with Gasteiger partial charge < -0.3 is 9.79 Å². The van der Waals surface area contributed by atoms with E-state index in [1.807, 2.05) is 0 Å². The van der Waals surface area contributed by atoms with E-state index in [4.69, 9.17) is 4.52 Å². The Morgan fingerprint density at radius 3 is 1.78 bits per heavy atom. The van der Waals surface area contributed by atoms with Crippen LogP contribution in [-0.4, -0.2) is 9.79 Å². The molecule has 0 spiro atoms. The molecule has 0 amide bonds. The molecule has 4 heteroatoms. The Hall–Kier alpha value is -1.25. The minimum Gasteiger partial charge on any atom is -0.328 e. The van der Waals surface area contributed by atoms with Gasteiger partial charge in [0.1, 0.15) is 5.60 Å². The minimum absolute atomic E-state index is 0.00154. The lowest BCUT2D eigenvalue weighted by molar-refractivity contribution is 0.0361. The van der Waals surface area contributed by atoms with Crippen molar-refractivity contribution in [1.29, 1.82) is 0 Å². The lowest BCUT2D eigenvalue weighted by atomic mass is 9.67. The summed E-state index contributed by atoms with van der Waals surface area (Å²) in [5.74, 6) is 0.108. The van der Waals surface area contributed by atoms with E-state index in [1.54, 1.807) is 0 Å². The molecule has 2 N–H and O–H groups in total. The predicted molar refractivity (Wildman–Crippen MR) is 177 cm³/mol. The largest absolute Gasteiger partial charge is 0.328 e. The molecule has 2 unspecified atom stereocenters. The van der Waals surface area contributed by atoms with E-state index in [-0.39, 0.29) is 27.6 Å². The van der Waals surface area contributed by atoms with E-state index in [2.05, 4.69) is 120 Å². The molecule has 1 aliphatic carbocycles. The van der Waals surface area contributed by atoms with E-state index >= 15 is 0 Å². The molecule has 0 saturated carbocycles. The number of hydrogen-bond acceptors (Lipinski definition) is 3. The highest BCUT2D eigenvalue weighted by Gasteiger charge is 2.54. The Morgan fingerprint density at radius 2 is 1.29 bits per heavy atom. The second-order valence-electron chi connectivity index (χ2n) is 16.6. The summed E-state index contributed by atoms with van der Waals surface area (Å²) < 4.78 is 6.68. The smallest absolute Gasteiger partial charge is 0.328 e. The first-order chi connectivity index (χ1) is 18.6. The van der Waals surface area contributed by atoms with Gasteiger partial charge in [-0.1, -0.05) is 146 Å². The van der Waals surface area contributed by atoms with E-state index in [0.29, 0.717) is 0 Å². The summed E-state index contributed by atoms with van der Waals surface area (Å²) >= 11 is 0. The number of hydrogen-bond donors (Lipinski definition) is 2. The second kappa shape index (κ2) is 12.0. The Morgan fingerprint density at radius 1 is 0.732 bits per heavy atom. The van der Waals surface area contributed by atoms with Crippen LogP contribution in [-0.2, 0) is 38.2 Å². The zero-order valence-electron chi connectivity index (χ0n) is 28.5. The summed E-state index contributed by atoms with van der Waals surface area (Å²) in [5, 5.41) is 0. The molecule has 2 aromatic rings. The van der Waals surface area contributed by atoms with Gasteiger partial charge in [0.15, 0.2) is 0 Å². The molecule has 2 aromatic carbocycles. The van der Waals surface area contributed by atoms with Gasteiger partial charge in [-0.3, -0.25) is 4.52 Å². The first-order valence-electron chi connectivity index (χ1n) is 15.8. The van der Waals surface area contributed by atoms with Gasteiger partial charge in [-0.25, -0.2) is 0 Å². The van der Waals surface area contributed by atoms with Crippen LogP contribution in [0, 0.1) is 5.92 Å². The molecule has 0 saturated heterocycles. The monoisotopic (exact) mass is 582 g/mol. The molecular formula is C37H59O3P. The van der Waals surface area contributed by atoms with Crippen LogP contribution in [0.25, 0.3) is 0 Å². The van der Waals surface area contributed by atoms with E-state index in [0.717, 1.165) is 24.8 Å². The fourth-order valence-corrected chi connectivity index (χ4v) is 7.27. The quantitative estimate of drug-likeness (QED) is 0.240. The number of fused-ring (bicyclic) bond motifs is 1. The number of unbranched alkanes of at least 4 members (excludes halogenated alkanes) is 3. The van der Waals surface area contributed by atoms with Crippen molar-refractivity contribution in [3.63, 3.8) is 0 Å². The summed E-state index contributed by atoms with van der Waals surface area (Å²) in [4.78, 5) is 21.5. The Kier molecular flexibility index (Phi) is 10.0. The SMILES string of the molecule is CCCCCCC1Cc2cc(C(C)(C)C)cc(C(C)(C)C)c2C1(OP(O)O)c1ccc(C(C)(C)C)cc1C(C)(C)C. The van der Waals surface area contributed by atoms with Crippen LogP contribution in [0.5, 0.6) is 0 Å². The molecule has 3 rings (SSSR count). The summed E-state index contributed by atoms with van der Waals surface area (Å²) in [7, 11) is -2.61. The van der Waals surface area contributed by atoms with Gasteiger partial charge in [-0.05, 0) is 73.4 Å². The second-order valence-corrected chi connectivity index (χ2v) is 17.3. The van der Waals surface area contributed by atoms with Crippen molar-refractivity contribution < 1.29 is 14.3 Å². The van der Waals surface area contributed by atoms with Crippen LogP contribution < -0.4 is 0 Å². The lowest BCUT2D eigenvalue weighted by Gasteiger charge is -2.43. The van der Waals surface area contributed by atoms with Crippen LogP contribution in [0.2, 0.25) is 0 Å². The topological polar surface area (TPSA) is 49.7 Å². The van der Waals surface area contributed by atoms with E-state index in [9.17, 15) is 9.79 Å². The third-order valence-corrected chi connectivity index (χ3v) is 9.48. The first kappa shape index (κ1) is 34.2. The Balaban J connectivity index is 2.50. The molecule has 0 heterocycles. The zero-order chi connectivity index (χ0) is 31.2.